The monoisotopic (exact) mass is 517 g/mol. The first-order valence-electron chi connectivity index (χ1n) is 14.0. The van der Waals surface area contributed by atoms with E-state index < -0.39 is 0 Å². The highest BCUT2D eigenvalue weighted by molar-refractivity contribution is 5.81. The van der Waals surface area contributed by atoms with Crippen molar-refractivity contribution in [2.24, 2.45) is 13.0 Å². The molecular formula is C31H39N3O4. The summed E-state index contributed by atoms with van der Waals surface area (Å²) in [7, 11) is 1.81. The van der Waals surface area contributed by atoms with Gasteiger partial charge in [0.15, 0.2) is 0 Å². The number of para-hydroxylation sites is 2. The van der Waals surface area contributed by atoms with E-state index in [-0.39, 0.29) is 23.5 Å². The van der Waals surface area contributed by atoms with Crippen LogP contribution in [-0.4, -0.2) is 65.8 Å². The minimum absolute atomic E-state index is 0.0146. The number of ether oxygens (including phenoxy) is 2. The summed E-state index contributed by atoms with van der Waals surface area (Å²) in [4.78, 5) is 31.2. The molecule has 0 bridgehead atoms. The first kappa shape index (κ1) is 26.4. The zero-order chi connectivity index (χ0) is 26.3. The lowest BCUT2D eigenvalue weighted by Crippen LogP contribution is -2.49. The molecule has 2 aromatic carbocycles. The lowest BCUT2D eigenvalue weighted by atomic mass is 9.88. The third kappa shape index (κ3) is 6.45. The van der Waals surface area contributed by atoms with Gasteiger partial charge >= 0.3 is 0 Å². The molecule has 202 valence electrons. The number of benzene rings is 2. The highest BCUT2D eigenvalue weighted by atomic mass is 16.5. The molecule has 2 heterocycles. The lowest BCUT2D eigenvalue weighted by Gasteiger charge is -2.35. The summed E-state index contributed by atoms with van der Waals surface area (Å²) in [5.41, 5.74) is 1.55. The average molecular weight is 518 g/mol. The number of aryl methyl sites for hydroxylation is 1. The predicted octanol–water partition coefficient (Wildman–Crippen LogP) is 4.23. The molecule has 0 N–H and O–H groups in total. The van der Waals surface area contributed by atoms with Crippen molar-refractivity contribution in [1.29, 1.82) is 0 Å². The first-order chi connectivity index (χ1) is 18.6. The van der Waals surface area contributed by atoms with Gasteiger partial charge in [-0.2, -0.15) is 0 Å². The summed E-state index contributed by atoms with van der Waals surface area (Å²) in [5, 5.41) is 1.02. The average Bonchev–Trinajstić information content (AvgIpc) is 2.97. The molecule has 7 nitrogen and oxygen atoms in total. The summed E-state index contributed by atoms with van der Waals surface area (Å²) in [5.74, 6) is 1.09. The predicted molar refractivity (Wildman–Crippen MR) is 149 cm³/mol. The van der Waals surface area contributed by atoms with Gasteiger partial charge in [0.05, 0.1) is 18.7 Å². The van der Waals surface area contributed by atoms with Gasteiger partial charge in [-0.15, -0.1) is 0 Å². The van der Waals surface area contributed by atoms with Gasteiger partial charge in [-0.3, -0.25) is 14.5 Å². The summed E-state index contributed by atoms with van der Waals surface area (Å²) in [6.07, 6.45) is 5.29. The van der Waals surface area contributed by atoms with E-state index in [9.17, 15) is 9.59 Å². The lowest BCUT2D eigenvalue weighted by molar-refractivity contribution is -0.137. The normalized spacial score (nSPS) is 18.9. The van der Waals surface area contributed by atoms with E-state index in [0.29, 0.717) is 31.9 Å². The van der Waals surface area contributed by atoms with Crippen molar-refractivity contribution >= 4 is 16.8 Å². The molecule has 0 spiro atoms. The van der Waals surface area contributed by atoms with E-state index in [4.69, 9.17) is 9.47 Å². The standard InChI is InChI=1S/C31H39N3O4/c1-32-29-15-9-8-12-25(29)20-26(30(32)35)21-34(31(36)24-10-4-2-5-11-24)17-16-33-18-19-37-28(22-33)23-38-27-13-6-3-7-14-27/h3,6-9,12-15,20,24,28H,2,4-5,10-11,16-19,21-23H2,1H3. The smallest absolute Gasteiger partial charge is 0.255 e. The fourth-order valence-electron chi connectivity index (χ4n) is 5.74. The Morgan fingerprint density at radius 1 is 1.05 bits per heavy atom. The zero-order valence-electron chi connectivity index (χ0n) is 22.4. The van der Waals surface area contributed by atoms with Crippen LogP contribution in [0.3, 0.4) is 0 Å². The highest BCUT2D eigenvalue weighted by Crippen LogP contribution is 2.26. The van der Waals surface area contributed by atoms with Crippen LogP contribution in [0.1, 0.15) is 37.7 Å². The van der Waals surface area contributed by atoms with E-state index in [1.165, 1.54) is 6.42 Å². The largest absolute Gasteiger partial charge is 0.491 e. The molecule has 1 aromatic heterocycles. The van der Waals surface area contributed by atoms with Gasteiger partial charge in [-0.25, -0.2) is 0 Å². The number of hydrogen-bond acceptors (Lipinski definition) is 5. The second-order valence-electron chi connectivity index (χ2n) is 10.6. The Morgan fingerprint density at radius 2 is 1.82 bits per heavy atom. The zero-order valence-corrected chi connectivity index (χ0v) is 22.4. The van der Waals surface area contributed by atoms with Gasteiger partial charge in [-0.05, 0) is 42.5 Å². The Balaban J connectivity index is 1.27. The summed E-state index contributed by atoms with van der Waals surface area (Å²) >= 11 is 0. The molecular weight excluding hydrogens is 478 g/mol. The second kappa shape index (κ2) is 12.6. The Hall–Kier alpha value is -3.16. The van der Waals surface area contributed by atoms with Crippen LogP contribution < -0.4 is 10.3 Å². The van der Waals surface area contributed by atoms with Gasteiger partial charge < -0.3 is 18.9 Å². The van der Waals surface area contributed by atoms with Gasteiger partial charge in [0.25, 0.3) is 5.56 Å². The number of rotatable bonds is 9. The van der Waals surface area contributed by atoms with Crippen molar-refractivity contribution in [2.45, 2.75) is 44.8 Å². The molecule has 1 atom stereocenters. The molecule has 1 saturated carbocycles. The molecule has 1 aliphatic heterocycles. The van der Waals surface area contributed by atoms with E-state index in [1.807, 2.05) is 72.6 Å². The van der Waals surface area contributed by atoms with E-state index >= 15 is 0 Å². The number of nitrogens with zero attached hydrogens (tertiary/aromatic N) is 3. The summed E-state index contributed by atoms with van der Waals surface area (Å²) < 4.78 is 13.6. The minimum Gasteiger partial charge on any atom is -0.491 e. The van der Waals surface area contributed by atoms with Crippen LogP contribution in [0.5, 0.6) is 5.75 Å². The third-order valence-corrected chi connectivity index (χ3v) is 7.92. The third-order valence-electron chi connectivity index (χ3n) is 7.92. The van der Waals surface area contributed by atoms with Crippen LogP contribution in [-0.2, 0) is 23.1 Å². The van der Waals surface area contributed by atoms with Gasteiger partial charge in [0.1, 0.15) is 18.5 Å². The van der Waals surface area contributed by atoms with Gasteiger partial charge in [-0.1, -0.05) is 55.7 Å². The van der Waals surface area contributed by atoms with E-state index in [2.05, 4.69) is 4.90 Å². The molecule has 2 fully saturated rings. The van der Waals surface area contributed by atoms with Crippen LogP contribution in [0, 0.1) is 5.92 Å². The Bertz CT molecular complexity index is 1270. The van der Waals surface area contributed by atoms with E-state index in [1.54, 1.807) is 4.57 Å². The van der Waals surface area contributed by atoms with Crippen LogP contribution in [0.15, 0.2) is 65.5 Å². The fraction of sp³-hybridized carbons (Fsp3) is 0.484. The maximum Gasteiger partial charge on any atom is 0.255 e. The van der Waals surface area contributed by atoms with Crippen LogP contribution >= 0.6 is 0 Å². The number of carbonyl (C=O) groups is 1. The Labute approximate surface area is 224 Å². The topological polar surface area (TPSA) is 64.0 Å². The molecule has 1 saturated heterocycles. The Kier molecular flexibility index (Phi) is 8.76. The molecule has 1 unspecified atom stereocenters. The number of amides is 1. The van der Waals surface area contributed by atoms with E-state index in [0.717, 1.165) is 62.0 Å². The van der Waals surface area contributed by atoms with Crippen molar-refractivity contribution in [3.8, 4) is 5.75 Å². The van der Waals surface area contributed by atoms with Crippen LogP contribution in [0.25, 0.3) is 10.9 Å². The van der Waals surface area contributed by atoms with Gasteiger partial charge in [0.2, 0.25) is 5.91 Å². The number of aromatic nitrogens is 1. The highest BCUT2D eigenvalue weighted by Gasteiger charge is 2.28. The van der Waals surface area contributed by atoms with Gasteiger partial charge in [0, 0.05) is 44.7 Å². The van der Waals surface area contributed by atoms with Crippen molar-refractivity contribution < 1.29 is 14.3 Å². The number of morpholine rings is 1. The SMILES string of the molecule is Cn1c(=O)c(CN(CCN2CCOC(COc3ccccc3)C2)C(=O)C2CCCCC2)cc2ccccc21. The molecule has 38 heavy (non-hydrogen) atoms. The fourth-order valence-corrected chi connectivity index (χ4v) is 5.74. The number of hydrogen-bond donors (Lipinski definition) is 0. The maximum atomic E-state index is 13.7. The second-order valence-corrected chi connectivity index (χ2v) is 10.6. The molecule has 0 radical (unpaired) electrons. The van der Waals surface area contributed by atoms with Crippen molar-refractivity contribution in [1.82, 2.24) is 14.4 Å². The molecule has 1 aliphatic carbocycles. The molecule has 3 aromatic rings. The van der Waals surface area contributed by atoms with Crippen molar-refractivity contribution in [3.63, 3.8) is 0 Å². The molecule has 7 heteroatoms. The summed E-state index contributed by atoms with van der Waals surface area (Å²) in [6.45, 7) is 4.41. The van der Waals surface area contributed by atoms with Crippen molar-refractivity contribution in [2.75, 3.05) is 39.4 Å². The number of carbonyl (C=O) groups excluding carboxylic acids is 1. The summed E-state index contributed by atoms with van der Waals surface area (Å²) in [6, 6.07) is 19.7. The minimum atomic E-state index is -0.0327. The molecule has 5 rings (SSSR count). The molecule has 1 amide bonds. The number of fused-ring (bicyclic) bond motifs is 1. The van der Waals surface area contributed by atoms with Crippen LogP contribution in [0.2, 0.25) is 0 Å². The number of pyridine rings is 1. The maximum absolute atomic E-state index is 13.7. The van der Waals surface area contributed by atoms with Crippen molar-refractivity contribution in [3.05, 3.63) is 76.6 Å². The van der Waals surface area contributed by atoms with Crippen LogP contribution in [0.4, 0.5) is 0 Å². The first-order valence-corrected chi connectivity index (χ1v) is 14.0. The molecule has 2 aliphatic rings. The quantitative estimate of drug-likeness (QED) is 0.425. The Morgan fingerprint density at radius 3 is 2.63 bits per heavy atom.